The summed E-state index contributed by atoms with van der Waals surface area (Å²) in [5.41, 5.74) is 5.25. The number of methoxy groups -OCH3 is 1. The lowest BCUT2D eigenvalue weighted by Crippen LogP contribution is -2.01. The fraction of sp³-hybridized carbons (Fsp3) is 0.379. The van der Waals surface area contributed by atoms with Crippen LogP contribution in [0.25, 0.3) is 33.7 Å². The Hall–Kier alpha value is -3.14. The quantitative estimate of drug-likeness (QED) is 0.210. The van der Waals surface area contributed by atoms with Gasteiger partial charge in [0.25, 0.3) is 0 Å². The van der Waals surface area contributed by atoms with Crippen molar-refractivity contribution in [1.29, 1.82) is 0 Å². The molecule has 0 saturated heterocycles. The lowest BCUT2D eigenvalue weighted by atomic mass is 10.1. The molecule has 172 valence electrons. The Balaban J connectivity index is 1.60. The summed E-state index contributed by atoms with van der Waals surface area (Å²) in [6, 6.07) is 20.8. The summed E-state index contributed by atoms with van der Waals surface area (Å²) in [5, 5.41) is 0. The molecular formula is C29H35N3O. The van der Waals surface area contributed by atoms with Gasteiger partial charge in [-0.1, -0.05) is 94.3 Å². The minimum Gasteiger partial charge on any atom is -0.497 e. The summed E-state index contributed by atoms with van der Waals surface area (Å²) < 4.78 is 7.82. The third-order valence-corrected chi connectivity index (χ3v) is 6.28. The molecule has 0 spiro atoms. The molecule has 2 aromatic heterocycles. The van der Waals surface area contributed by atoms with Gasteiger partial charge in [0, 0.05) is 23.9 Å². The van der Waals surface area contributed by atoms with Crippen molar-refractivity contribution in [2.45, 2.75) is 64.8 Å². The maximum Gasteiger partial charge on any atom is 0.178 e. The van der Waals surface area contributed by atoms with Gasteiger partial charge in [-0.2, -0.15) is 0 Å². The monoisotopic (exact) mass is 441 g/mol. The first-order chi connectivity index (χ1) is 16.3. The number of fused-ring (bicyclic) bond motifs is 1. The van der Waals surface area contributed by atoms with E-state index in [4.69, 9.17) is 14.7 Å². The fourth-order valence-corrected chi connectivity index (χ4v) is 4.41. The van der Waals surface area contributed by atoms with Gasteiger partial charge in [-0.15, -0.1) is 0 Å². The highest BCUT2D eigenvalue weighted by Gasteiger charge is 2.15. The maximum atomic E-state index is 5.47. The third-order valence-electron chi connectivity index (χ3n) is 6.28. The third kappa shape index (κ3) is 5.81. The van der Waals surface area contributed by atoms with Gasteiger partial charge in [0.15, 0.2) is 5.65 Å². The first-order valence-electron chi connectivity index (χ1n) is 12.4. The van der Waals surface area contributed by atoms with Crippen LogP contribution in [0.1, 0.15) is 58.3 Å². The highest BCUT2D eigenvalue weighted by molar-refractivity contribution is 5.82. The summed E-state index contributed by atoms with van der Waals surface area (Å²) in [6.07, 6.45) is 12.4. The van der Waals surface area contributed by atoms with Crippen molar-refractivity contribution in [2.75, 3.05) is 7.11 Å². The first-order valence-corrected chi connectivity index (χ1v) is 12.4. The van der Waals surface area contributed by atoms with Crippen molar-refractivity contribution in [3.63, 3.8) is 0 Å². The molecule has 4 rings (SSSR count). The molecule has 2 aromatic carbocycles. The zero-order valence-electron chi connectivity index (χ0n) is 20.0. The minimum atomic E-state index is 0.798. The van der Waals surface area contributed by atoms with Crippen LogP contribution in [0.3, 0.4) is 0 Å². The van der Waals surface area contributed by atoms with Crippen molar-refractivity contribution in [2.24, 2.45) is 0 Å². The molecule has 0 amide bonds. The molecule has 4 heteroatoms. The maximum absolute atomic E-state index is 5.47. The highest BCUT2D eigenvalue weighted by Crippen LogP contribution is 2.30. The normalized spacial score (nSPS) is 11.2. The second-order valence-corrected chi connectivity index (χ2v) is 8.73. The summed E-state index contributed by atoms with van der Waals surface area (Å²) >= 11 is 0. The number of pyridine rings is 1. The number of benzene rings is 2. The fourth-order valence-electron chi connectivity index (χ4n) is 4.41. The number of imidazole rings is 1. The molecule has 33 heavy (non-hydrogen) atoms. The van der Waals surface area contributed by atoms with Gasteiger partial charge in [0.05, 0.1) is 12.6 Å². The van der Waals surface area contributed by atoms with Crippen LogP contribution in [0.4, 0.5) is 0 Å². The predicted octanol–water partition coefficient (Wildman–Crippen LogP) is 7.91. The van der Waals surface area contributed by atoms with Crippen LogP contribution in [0.2, 0.25) is 0 Å². The molecule has 0 aliphatic carbocycles. The number of aromatic nitrogens is 3. The van der Waals surface area contributed by atoms with E-state index in [2.05, 4.69) is 54.0 Å². The van der Waals surface area contributed by atoms with Crippen molar-refractivity contribution in [3.8, 4) is 28.3 Å². The standard InChI is InChI=1S/C29H35N3O/c1-3-4-5-6-7-8-9-13-19-32-27-21-25(23-15-11-10-12-16-23)22-30-28(27)31-29(32)24-17-14-18-26(20-24)33-2/h10-12,14-18,20-22H,3-9,13,19H2,1-2H3. The minimum absolute atomic E-state index is 0.798. The Bertz CT molecular complexity index is 1150. The number of rotatable bonds is 12. The largest absolute Gasteiger partial charge is 0.497 e. The lowest BCUT2D eigenvalue weighted by molar-refractivity contribution is 0.415. The Morgan fingerprint density at radius 2 is 1.48 bits per heavy atom. The second-order valence-electron chi connectivity index (χ2n) is 8.73. The molecule has 2 heterocycles. The number of hydrogen-bond acceptors (Lipinski definition) is 3. The molecule has 0 bridgehead atoms. The van der Waals surface area contributed by atoms with E-state index in [1.807, 2.05) is 24.4 Å². The number of unbranched alkanes of at least 4 members (excludes halogenated alkanes) is 7. The molecule has 4 nitrogen and oxygen atoms in total. The lowest BCUT2D eigenvalue weighted by Gasteiger charge is -2.11. The molecule has 0 atom stereocenters. The van der Waals surface area contributed by atoms with Crippen molar-refractivity contribution in [1.82, 2.24) is 14.5 Å². The van der Waals surface area contributed by atoms with Crippen molar-refractivity contribution < 1.29 is 4.74 Å². The smallest absolute Gasteiger partial charge is 0.178 e. The Labute approximate surface area is 197 Å². The van der Waals surface area contributed by atoms with Crippen LogP contribution in [0, 0.1) is 0 Å². The predicted molar refractivity (Wildman–Crippen MR) is 138 cm³/mol. The first kappa shape index (κ1) is 23.0. The van der Waals surface area contributed by atoms with E-state index >= 15 is 0 Å². The Morgan fingerprint density at radius 1 is 0.758 bits per heavy atom. The summed E-state index contributed by atoms with van der Waals surface area (Å²) in [6.45, 7) is 3.21. The van der Waals surface area contributed by atoms with E-state index in [0.717, 1.165) is 46.8 Å². The highest BCUT2D eigenvalue weighted by atomic mass is 16.5. The average molecular weight is 442 g/mol. The SMILES string of the molecule is CCCCCCCCCCn1c(-c2cccc(OC)c2)nc2ncc(-c3ccccc3)cc21. The number of aryl methyl sites for hydroxylation is 1. The Morgan fingerprint density at radius 3 is 2.24 bits per heavy atom. The molecule has 0 N–H and O–H groups in total. The van der Waals surface area contributed by atoms with Gasteiger partial charge in [0.2, 0.25) is 0 Å². The van der Waals surface area contributed by atoms with E-state index in [0.29, 0.717) is 0 Å². The second kappa shape index (κ2) is 11.6. The average Bonchev–Trinajstić information content (AvgIpc) is 3.24. The van der Waals surface area contributed by atoms with Gasteiger partial charge < -0.3 is 9.30 Å². The van der Waals surface area contributed by atoms with E-state index in [9.17, 15) is 0 Å². The van der Waals surface area contributed by atoms with E-state index < -0.39 is 0 Å². The molecule has 0 fully saturated rings. The molecule has 4 aromatic rings. The van der Waals surface area contributed by atoms with Crippen molar-refractivity contribution in [3.05, 3.63) is 66.9 Å². The van der Waals surface area contributed by atoms with Crippen LogP contribution in [0.5, 0.6) is 5.75 Å². The Kier molecular flexibility index (Phi) is 8.13. The van der Waals surface area contributed by atoms with E-state index in [-0.39, 0.29) is 0 Å². The molecule has 0 unspecified atom stereocenters. The van der Waals surface area contributed by atoms with Crippen LogP contribution in [-0.4, -0.2) is 21.6 Å². The number of hydrogen-bond donors (Lipinski definition) is 0. The van der Waals surface area contributed by atoms with Crippen molar-refractivity contribution >= 4 is 11.2 Å². The van der Waals surface area contributed by atoms with Gasteiger partial charge >= 0.3 is 0 Å². The molecule has 0 aliphatic rings. The summed E-state index contributed by atoms with van der Waals surface area (Å²) in [7, 11) is 1.70. The topological polar surface area (TPSA) is 39.9 Å². The van der Waals surface area contributed by atoms with Gasteiger partial charge in [-0.05, 0) is 30.2 Å². The van der Waals surface area contributed by atoms with Crippen LogP contribution >= 0.6 is 0 Å². The summed E-state index contributed by atoms with van der Waals surface area (Å²) in [4.78, 5) is 9.67. The van der Waals surface area contributed by atoms with Gasteiger partial charge in [-0.3, -0.25) is 0 Å². The number of nitrogens with zero attached hydrogens (tertiary/aromatic N) is 3. The van der Waals surface area contributed by atoms with Crippen LogP contribution in [0.15, 0.2) is 66.9 Å². The van der Waals surface area contributed by atoms with Crippen LogP contribution in [-0.2, 0) is 6.54 Å². The van der Waals surface area contributed by atoms with Crippen LogP contribution < -0.4 is 4.74 Å². The molecule has 0 aliphatic heterocycles. The molecule has 0 radical (unpaired) electrons. The molecule has 0 saturated carbocycles. The summed E-state index contributed by atoms with van der Waals surface area (Å²) in [5.74, 6) is 1.81. The van der Waals surface area contributed by atoms with E-state index in [1.54, 1.807) is 7.11 Å². The number of ether oxygens (including phenoxy) is 1. The zero-order valence-corrected chi connectivity index (χ0v) is 20.0. The van der Waals surface area contributed by atoms with Gasteiger partial charge in [0.1, 0.15) is 11.6 Å². The van der Waals surface area contributed by atoms with Gasteiger partial charge in [-0.25, -0.2) is 9.97 Å². The van der Waals surface area contributed by atoms with E-state index in [1.165, 1.54) is 50.5 Å². The zero-order chi connectivity index (χ0) is 22.9. The molecular weight excluding hydrogens is 406 g/mol.